The lowest BCUT2D eigenvalue weighted by Gasteiger charge is -2.42. The van der Waals surface area contributed by atoms with Crippen molar-refractivity contribution in [3.8, 4) is 11.8 Å². The number of carbonyl (C=O) groups is 1. The third kappa shape index (κ3) is 5.35. The number of piperazine rings is 1. The van der Waals surface area contributed by atoms with Gasteiger partial charge in [0.1, 0.15) is 29.2 Å². The Hall–Kier alpha value is -2.54. The molecule has 1 aromatic heterocycles. The molecular weight excluding hydrogens is 619 g/mol. The van der Waals surface area contributed by atoms with E-state index in [2.05, 4.69) is 25.8 Å². The predicted octanol–water partition coefficient (Wildman–Crippen LogP) is 5.61. The minimum absolute atomic E-state index is 0.0149. The maximum atomic E-state index is 15.7. The van der Waals surface area contributed by atoms with Crippen LogP contribution in [0.1, 0.15) is 59.3 Å². The fourth-order valence-electron chi connectivity index (χ4n) is 7.02. The Labute approximate surface area is 251 Å². The molecule has 4 aliphatic rings. The van der Waals surface area contributed by atoms with Crippen molar-refractivity contribution >= 4 is 38.7 Å². The van der Waals surface area contributed by atoms with Crippen LogP contribution in [-0.4, -0.2) is 95.2 Å². The van der Waals surface area contributed by atoms with Crippen LogP contribution in [0, 0.1) is 11.6 Å². The van der Waals surface area contributed by atoms with Crippen molar-refractivity contribution in [2.75, 3.05) is 38.2 Å². The van der Waals surface area contributed by atoms with Crippen LogP contribution in [0.4, 0.5) is 23.8 Å². The predicted molar refractivity (Wildman–Crippen MR) is 154 cm³/mol. The lowest BCUT2D eigenvalue weighted by atomic mass is 10.0. The number of benzene rings is 1. The minimum atomic E-state index is -0.940. The summed E-state index contributed by atoms with van der Waals surface area (Å²) >= 11 is 3.01. The van der Waals surface area contributed by atoms with Gasteiger partial charge in [-0.05, 0) is 81.8 Å². The van der Waals surface area contributed by atoms with Crippen molar-refractivity contribution < 1.29 is 32.2 Å². The van der Waals surface area contributed by atoms with Crippen molar-refractivity contribution in [3.63, 3.8) is 0 Å². The van der Waals surface area contributed by atoms with E-state index in [1.807, 2.05) is 25.7 Å². The Morgan fingerprint density at radius 1 is 1.00 bits per heavy atom. The molecule has 9 nitrogen and oxygen atoms in total. The molecule has 5 atom stereocenters. The SMILES string of the molecule is COc1c(F)c(Br)c(F)c2nc(O[C@@H]3CC[C@@H](F)CN4CCC[C@H]34)nc(N3CC4CCC(C3)N4C(=O)OC(C)(C)C)c12. The van der Waals surface area contributed by atoms with Crippen molar-refractivity contribution in [1.82, 2.24) is 19.8 Å². The lowest BCUT2D eigenvalue weighted by Crippen LogP contribution is -2.57. The Bertz CT molecular complexity index is 1360. The summed E-state index contributed by atoms with van der Waals surface area (Å²) < 4.78 is 62.6. The first-order valence-corrected chi connectivity index (χ1v) is 15.5. The summed E-state index contributed by atoms with van der Waals surface area (Å²) in [6, 6.07) is -0.367. The smallest absolute Gasteiger partial charge is 0.410 e. The molecule has 5 heterocycles. The molecule has 4 fully saturated rings. The van der Waals surface area contributed by atoms with Crippen LogP contribution in [0.5, 0.6) is 11.8 Å². The number of nitrogens with zero attached hydrogens (tertiary/aromatic N) is 5. The van der Waals surface area contributed by atoms with Crippen molar-refractivity contribution in [1.29, 1.82) is 0 Å². The van der Waals surface area contributed by atoms with E-state index in [-0.39, 0.29) is 58.8 Å². The second-order valence-electron chi connectivity index (χ2n) is 12.7. The maximum absolute atomic E-state index is 15.7. The van der Waals surface area contributed by atoms with Crippen LogP contribution < -0.4 is 14.4 Å². The zero-order valence-corrected chi connectivity index (χ0v) is 25.9. The van der Waals surface area contributed by atoms with Gasteiger partial charge in [-0.1, -0.05) is 0 Å². The Balaban J connectivity index is 1.39. The Morgan fingerprint density at radius 3 is 2.38 bits per heavy atom. The molecule has 2 unspecified atom stereocenters. The molecule has 230 valence electrons. The van der Waals surface area contributed by atoms with Crippen LogP contribution in [0.25, 0.3) is 10.9 Å². The molecule has 13 heteroatoms. The number of methoxy groups -OCH3 is 1. The molecule has 2 aromatic rings. The highest BCUT2D eigenvalue weighted by molar-refractivity contribution is 9.10. The van der Waals surface area contributed by atoms with Gasteiger partial charge in [-0.3, -0.25) is 9.80 Å². The molecule has 1 aromatic carbocycles. The lowest BCUT2D eigenvalue weighted by molar-refractivity contribution is 0.0122. The third-order valence-electron chi connectivity index (χ3n) is 8.78. The van der Waals surface area contributed by atoms with Gasteiger partial charge in [0, 0.05) is 25.7 Å². The molecular formula is C29H37BrF3N5O4. The zero-order chi connectivity index (χ0) is 29.9. The van der Waals surface area contributed by atoms with E-state index < -0.39 is 27.9 Å². The van der Waals surface area contributed by atoms with Gasteiger partial charge in [-0.25, -0.2) is 18.0 Å². The molecule has 1 amide bonds. The summed E-state index contributed by atoms with van der Waals surface area (Å²) in [5.74, 6) is -1.69. The van der Waals surface area contributed by atoms with Crippen molar-refractivity contribution in [2.45, 2.75) is 95.3 Å². The zero-order valence-electron chi connectivity index (χ0n) is 24.3. The van der Waals surface area contributed by atoms with Gasteiger partial charge in [0.05, 0.1) is 29.1 Å². The average Bonchev–Trinajstić information content (AvgIpc) is 3.45. The summed E-state index contributed by atoms with van der Waals surface area (Å²) in [4.78, 5) is 28.1. The molecule has 6 rings (SSSR count). The first kappa shape index (κ1) is 29.5. The van der Waals surface area contributed by atoms with Gasteiger partial charge in [-0.2, -0.15) is 9.97 Å². The highest BCUT2D eigenvalue weighted by Gasteiger charge is 2.46. The summed E-state index contributed by atoms with van der Waals surface area (Å²) in [7, 11) is 1.31. The monoisotopic (exact) mass is 655 g/mol. The van der Waals surface area contributed by atoms with E-state index in [4.69, 9.17) is 19.2 Å². The van der Waals surface area contributed by atoms with Gasteiger partial charge >= 0.3 is 12.1 Å². The summed E-state index contributed by atoms with van der Waals surface area (Å²) in [5, 5.41) is 0.0975. The summed E-state index contributed by atoms with van der Waals surface area (Å²) in [6.45, 7) is 7.43. The normalized spacial score (nSPS) is 28.1. The molecule has 0 saturated carbocycles. The summed E-state index contributed by atoms with van der Waals surface area (Å²) in [6.07, 6.45) is 2.51. The first-order valence-electron chi connectivity index (χ1n) is 14.7. The molecule has 0 radical (unpaired) electrons. The van der Waals surface area contributed by atoms with Gasteiger partial charge in [0.15, 0.2) is 17.4 Å². The topological polar surface area (TPSA) is 80.3 Å². The van der Waals surface area contributed by atoms with E-state index in [0.29, 0.717) is 32.5 Å². The molecule has 0 N–H and O–H groups in total. The third-order valence-corrected chi connectivity index (χ3v) is 9.47. The maximum Gasteiger partial charge on any atom is 0.410 e. The average molecular weight is 657 g/mol. The number of anilines is 1. The number of hydrogen-bond donors (Lipinski definition) is 0. The van der Waals surface area contributed by atoms with Crippen LogP contribution in [0.15, 0.2) is 4.47 Å². The molecule has 0 spiro atoms. The van der Waals surface area contributed by atoms with Gasteiger partial charge in [0.2, 0.25) is 0 Å². The second-order valence-corrected chi connectivity index (χ2v) is 13.5. The van der Waals surface area contributed by atoms with Crippen LogP contribution in [-0.2, 0) is 4.74 Å². The molecule has 42 heavy (non-hydrogen) atoms. The summed E-state index contributed by atoms with van der Waals surface area (Å²) in [5.41, 5.74) is -0.768. The number of aromatic nitrogens is 2. The van der Waals surface area contributed by atoms with E-state index in [0.717, 1.165) is 32.2 Å². The van der Waals surface area contributed by atoms with Gasteiger partial charge in [-0.15, -0.1) is 0 Å². The molecule has 4 saturated heterocycles. The highest BCUT2D eigenvalue weighted by Crippen LogP contribution is 2.44. The van der Waals surface area contributed by atoms with E-state index >= 15 is 8.78 Å². The fourth-order valence-corrected chi connectivity index (χ4v) is 7.39. The van der Waals surface area contributed by atoms with Crippen molar-refractivity contribution in [3.05, 3.63) is 16.1 Å². The number of rotatable bonds is 4. The number of hydrogen-bond acceptors (Lipinski definition) is 8. The number of alkyl halides is 1. The van der Waals surface area contributed by atoms with Crippen LogP contribution in [0.2, 0.25) is 0 Å². The van der Waals surface area contributed by atoms with Crippen molar-refractivity contribution in [2.24, 2.45) is 0 Å². The standard InChI is InChI=1S/C29H37BrF3N5O4/c1-29(2,3)42-28(39)38-16-8-9-17(38)14-37(13-16)26-20-24(22(32)21(30)23(33)25(20)40-4)34-27(35-26)41-19-10-7-15(31)12-36-11-5-6-18(19)36/h15-19H,5-14H2,1-4H3/t15-,16?,17?,18-,19-/m1/s1. The van der Waals surface area contributed by atoms with E-state index in [1.54, 1.807) is 4.90 Å². The highest BCUT2D eigenvalue weighted by atomic mass is 79.9. The number of ether oxygens (including phenoxy) is 3. The van der Waals surface area contributed by atoms with E-state index in [1.165, 1.54) is 7.11 Å². The molecule has 4 aliphatic heterocycles. The van der Waals surface area contributed by atoms with Gasteiger partial charge < -0.3 is 19.1 Å². The number of halogens is 4. The van der Waals surface area contributed by atoms with E-state index in [9.17, 15) is 9.18 Å². The number of fused-ring (bicyclic) bond motifs is 4. The number of carbonyl (C=O) groups excluding carboxylic acids is 1. The van der Waals surface area contributed by atoms with Crippen LogP contribution >= 0.6 is 15.9 Å². The largest absolute Gasteiger partial charge is 0.493 e. The second kappa shape index (κ2) is 11.2. The minimum Gasteiger partial charge on any atom is -0.493 e. The number of amides is 1. The van der Waals surface area contributed by atoms with Crippen LogP contribution in [0.3, 0.4) is 0 Å². The Kier molecular flexibility index (Phi) is 7.86. The fraction of sp³-hybridized carbons (Fsp3) is 0.690. The molecule has 0 aliphatic carbocycles. The molecule has 2 bridgehead atoms. The first-order chi connectivity index (χ1) is 19.9. The Morgan fingerprint density at radius 2 is 1.71 bits per heavy atom. The van der Waals surface area contributed by atoms with Gasteiger partial charge in [0.25, 0.3) is 0 Å². The quantitative estimate of drug-likeness (QED) is 0.393.